The van der Waals surface area contributed by atoms with Crippen molar-refractivity contribution in [1.82, 2.24) is 20.6 Å². The van der Waals surface area contributed by atoms with E-state index in [0.29, 0.717) is 16.6 Å². The maximum absolute atomic E-state index is 13.2. The number of alkyl halides is 3. The molecular weight excluding hydrogens is 423 g/mol. The van der Waals surface area contributed by atoms with Crippen LogP contribution in [0.15, 0.2) is 65.7 Å². The summed E-state index contributed by atoms with van der Waals surface area (Å²) in [5.41, 5.74) is 2.04. The average molecular weight is 437 g/mol. The third-order valence-electron chi connectivity index (χ3n) is 4.50. The molecule has 0 radical (unpaired) electrons. The Bertz CT molecular complexity index is 1240. The van der Waals surface area contributed by atoms with Gasteiger partial charge in [-0.25, -0.2) is 28.8 Å². The number of benzene rings is 2. The van der Waals surface area contributed by atoms with Crippen molar-refractivity contribution in [2.45, 2.75) is 16.7 Å². The van der Waals surface area contributed by atoms with Crippen LogP contribution in [0.4, 0.5) is 23.7 Å². The summed E-state index contributed by atoms with van der Waals surface area (Å²) in [6.07, 6.45) is -3.12. The topological polar surface area (TPSA) is 132 Å². The lowest BCUT2D eigenvalue weighted by atomic mass is 10.0. The monoisotopic (exact) mass is 437 g/mol. The largest absolute Gasteiger partial charge is 0.426 e. The van der Waals surface area contributed by atoms with Crippen LogP contribution < -0.4 is 20.9 Å². The number of hydrogen-bond acceptors (Lipinski definition) is 6. The van der Waals surface area contributed by atoms with Crippen molar-refractivity contribution in [3.8, 4) is 0 Å². The molecule has 1 aliphatic heterocycles. The van der Waals surface area contributed by atoms with Crippen LogP contribution in [0.25, 0.3) is 10.9 Å². The summed E-state index contributed by atoms with van der Waals surface area (Å²) in [4.78, 5) is 15.9. The Kier molecular flexibility index (Phi) is 4.64. The predicted octanol–water partition coefficient (Wildman–Crippen LogP) is 2.57. The van der Waals surface area contributed by atoms with Crippen LogP contribution in [0, 0.1) is 0 Å². The summed E-state index contributed by atoms with van der Waals surface area (Å²) in [6.45, 7) is 0. The number of carbonyl (C=O) groups is 1. The first-order chi connectivity index (χ1) is 14.1. The first-order valence-corrected chi connectivity index (χ1v) is 10.00. The zero-order valence-electron chi connectivity index (χ0n) is 15.0. The van der Waals surface area contributed by atoms with Gasteiger partial charge in [0.25, 0.3) is 10.0 Å². The Balaban J connectivity index is 1.56. The Hall–Kier alpha value is -3.22. The minimum atomic E-state index is -4.69. The number of pyridine rings is 1. The van der Waals surface area contributed by atoms with Crippen LogP contribution in [0.3, 0.4) is 0 Å². The number of halogens is 3. The SMILES string of the molecule is O=C(Nc1cccc2ncccc12)NS(=O)(=O)c1cccc(C2(C(F)(F)F)NN2)c1. The zero-order chi connectivity index (χ0) is 21.6. The van der Waals surface area contributed by atoms with Crippen molar-refractivity contribution in [3.05, 3.63) is 66.4 Å². The molecule has 8 nitrogen and oxygen atoms in total. The fourth-order valence-electron chi connectivity index (χ4n) is 2.95. The summed E-state index contributed by atoms with van der Waals surface area (Å²) in [5, 5.41) is 3.01. The Morgan fingerprint density at radius 1 is 1.03 bits per heavy atom. The van der Waals surface area contributed by atoms with Gasteiger partial charge in [0.2, 0.25) is 5.66 Å². The number of anilines is 1. The Morgan fingerprint density at radius 2 is 1.77 bits per heavy atom. The predicted molar refractivity (Wildman–Crippen MR) is 102 cm³/mol. The number of hydrogen-bond donors (Lipinski definition) is 4. The van der Waals surface area contributed by atoms with Gasteiger partial charge in [-0.2, -0.15) is 13.2 Å². The average Bonchev–Trinajstić information content (AvgIpc) is 3.50. The van der Waals surface area contributed by atoms with Crippen molar-refractivity contribution in [2.24, 2.45) is 0 Å². The van der Waals surface area contributed by atoms with Gasteiger partial charge in [-0.05, 0) is 42.0 Å². The standard InChI is InChI=1S/C18H14F3N5O3S/c19-18(20,21)17(25-26-17)11-4-1-5-12(10-11)30(28,29)24-16(27)23-15-8-2-7-14-13(15)6-3-9-22-14/h1-10,25-26H,(H2,23,24,27). The quantitative estimate of drug-likeness (QED) is 0.464. The summed E-state index contributed by atoms with van der Waals surface area (Å²) >= 11 is 0. The van der Waals surface area contributed by atoms with E-state index in [-0.39, 0.29) is 5.56 Å². The lowest BCUT2D eigenvalue weighted by molar-refractivity contribution is -0.165. The maximum Gasteiger partial charge on any atom is 0.426 e. The third kappa shape index (κ3) is 3.56. The number of hydrazine groups is 1. The lowest BCUT2D eigenvalue weighted by Crippen LogP contribution is -2.36. The third-order valence-corrected chi connectivity index (χ3v) is 5.83. The molecule has 1 saturated heterocycles. The van der Waals surface area contributed by atoms with Crippen molar-refractivity contribution in [3.63, 3.8) is 0 Å². The smallest absolute Gasteiger partial charge is 0.306 e. The van der Waals surface area contributed by atoms with Gasteiger partial charge in [0, 0.05) is 11.6 Å². The molecule has 0 atom stereocenters. The highest BCUT2D eigenvalue weighted by molar-refractivity contribution is 7.90. The number of rotatable bonds is 4. The number of fused-ring (bicyclic) bond motifs is 1. The Morgan fingerprint density at radius 3 is 2.47 bits per heavy atom. The van der Waals surface area contributed by atoms with E-state index in [4.69, 9.17) is 0 Å². The van der Waals surface area contributed by atoms with Gasteiger partial charge in [-0.15, -0.1) is 0 Å². The van der Waals surface area contributed by atoms with Crippen LogP contribution in [-0.4, -0.2) is 25.6 Å². The highest BCUT2D eigenvalue weighted by Gasteiger charge is 2.65. The molecule has 1 fully saturated rings. The van der Waals surface area contributed by atoms with E-state index in [0.717, 1.165) is 24.3 Å². The molecule has 3 aromatic rings. The van der Waals surface area contributed by atoms with Gasteiger partial charge in [0.15, 0.2) is 0 Å². The van der Waals surface area contributed by atoms with E-state index in [1.807, 2.05) is 10.9 Å². The fraction of sp³-hybridized carbons (Fsp3) is 0.111. The number of carbonyl (C=O) groups excluding carboxylic acids is 1. The minimum absolute atomic E-state index is 0.324. The molecule has 12 heteroatoms. The molecule has 4 rings (SSSR count). The van der Waals surface area contributed by atoms with Crippen molar-refractivity contribution >= 4 is 32.6 Å². The van der Waals surface area contributed by atoms with E-state index in [1.54, 1.807) is 41.3 Å². The summed E-state index contributed by atoms with van der Waals surface area (Å²) in [5.74, 6) is 0. The van der Waals surface area contributed by atoms with Crippen molar-refractivity contribution in [2.75, 3.05) is 5.32 Å². The van der Waals surface area contributed by atoms with Gasteiger partial charge < -0.3 is 5.32 Å². The van der Waals surface area contributed by atoms with E-state index in [2.05, 4.69) is 10.3 Å². The second-order valence-electron chi connectivity index (χ2n) is 6.46. The Labute approximate surface area is 168 Å². The van der Waals surface area contributed by atoms with Gasteiger partial charge in [-0.1, -0.05) is 18.2 Å². The van der Waals surface area contributed by atoms with Crippen LogP contribution in [0.2, 0.25) is 0 Å². The first-order valence-electron chi connectivity index (χ1n) is 8.52. The molecule has 1 aliphatic rings. The fourth-order valence-corrected chi connectivity index (χ4v) is 3.90. The van der Waals surface area contributed by atoms with Gasteiger partial charge >= 0.3 is 12.2 Å². The molecule has 0 saturated carbocycles. The lowest BCUT2D eigenvalue weighted by Gasteiger charge is -2.17. The van der Waals surface area contributed by atoms with E-state index < -0.39 is 32.8 Å². The molecular formula is C18H14F3N5O3S. The van der Waals surface area contributed by atoms with E-state index in [9.17, 15) is 26.4 Å². The normalized spacial score (nSPS) is 15.6. The number of nitrogens with zero attached hydrogens (tertiary/aromatic N) is 1. The number of nitrogens with one attached hydrogen (secondary N) is 4. The molecule has 0 unspecified atom stereocenters. The first kappa shape index (κ1) is 20.1. The van der Waals surface area contributed by atoms with Gasteiger partial charge in [-0.3, -0.25) is 4.98 Å². The molecule has 4 N–H and O–H groups in total. The second-order valence-corrected chi connectivity index (χ2v) is 8.14. The number of aromatic nitrogens is 1. The minimum Gasteiger partial charge on any atom is -0.306 e. The number of sulfonamides is 1. The number of amides is 2. The summed E-state index contributed by atoms with van der Waals surface area (Å²) < 4.78 is 66.6. The zero-order valence-corrected chi connectivity index (χ0v) is 15.8. The van der Waals surface area contributed by atoms with E-state index >= 15 is 0 Å². The van der Waals surface area contributed by atoms with Crippen LogP contribution >= 0.6 is 0 Å². The van der Waals surface area contributed by atoms with Crippen molar-refractivity contribution in [1.29, 1.82) is 0 Å². The maximum atomic E-state index is 13.2. The van der Waals surface area contributed by atoms with Crippen LogP contribution in [-0.2, 0) is 15.7 Å². The molecule has 0 spiro atoms. The molecule has 0 bridgehead atoms. The molecule has 0 aliphatic carbocycles. The highest BCUT2D eigenvalue weighted by Crippen LogP contribution is 2.42. The van der Waals surface area contributed by atoms with Crippen LogP contribution in [0.5, 0.6) is 0 Å². The van der Waals surface area contributed by atoms with E-state index in [1.165, 1.54) is 0 Å². The molecule has 1 aromatic heterocycles. The molecule has 2 aromatic carbocycles. The second kappa shape index (κ2) is 6.93. The van der Waals surface area contributed by atoms with Gasteiger partial charge in [0.1, 0.15) is 0 Å². The summed E-state index contributed by atoms with van der Waals surface area (Å²) in [7, 11) is -4.43. The number of urea groups is 1. The molecule has 156 valence electrons. The van der Waals surface area contributed by atoms with Crippen molar-refractivity contribution < 1.29 is 26.4 Å². The van der Waals surface area contributed by atoms with Crippen LogP contribution in [0.1, 0.15) is 5.56 Å². The highest BCUT2D eigenvalue weighted by atomic mass is 32.2. The summed E-state index contributed by atoms with van der Waals surface area (Å²) in [6, 6.07) is 11.4. The molecule has 2 heterocycles. The van der Waals surface area contributed by atoms with Gasteiger partial charge in [0.05, 0.1) is 16.1 Å². The molecule has 2 amide bonds. The molecule has 30 heavy (non-hydrogen) atoms.